The Labute approximate surface area is 88.4 Å². The van der Waals surface area contributed by atoms with Crippen molar-refractivity contribution in [3.05, 3.63) is 0 Å². The molecule has 2 nitrogen and oxygen atoms in total. The second kappa shape index (κ2) is 5.13. The van der Waals surface area contributed by atoms with Crippen LogP contribution in [0.5, 0.6) is 0 Å². The summed E-state index contributed by atoms with van der Waals surface area (Å²) in [6.07, 6.45) is 4.22. The minimum atomic E-state index is 0.393. The molecule has 0 saturated carbocycles. The van der Waals surface area contributed by atoms with E-state index in [1.54, 1.807) is 0 Å². The Kier molecular flexibility index (Phi) is 4.39. The molecule has 1 saturated heterocycles. The predicted octanol–water partition coefficient (Wildman–Crippen LogP) is 2.44. The molecule has 0 bridgehead atoms. The fraction of sp³-hybridized carbons (Fsp3) is 1.00. The summed E-state index contributed by atoms with van der Waals surface area (Å²) in [6, 6.07) is 0. The SMILES string of the molecule is CCC(C)CC1(CNC)CCOC1C. The standard InChI is InChI=1S/C12H25NO/c1-5-10(2)8-12(9-13-4)6-7-14-11(12)3/h10-11,13H,5-9H2,1-4H3. The zero-order valence-corrected chi connectivity index (χ0v) is 10.1. The highest BCUT2D eigenvalue weighted by atomic mass is 16.5. The number of nitrogens with one attached hydrogen (secondary N) is 1. The summed E-state index contributed by atoms with van der Waals surface area (Å²) < 4.78 is 5.73. The van der Waals surface area contributed by atoms with E-state index in [-0.39, 0.29) is 0 Å². The molecule has 84 valence electrons. The van der Waals surface area contributed by atoms with Crippen molar-refractivity contribution >= 4 is 0 Å². The van der Waals surface area contributed by atoms with Gasteiger partial charge < -0.3 is 10.1 Å². The van der Waals surface area contributed by atoms with Crippen LogP contribution in [0, 0.1) is 11.3 Å². The van der Waals surface area contributed by atoms with Gasteiger partial charge in [-0.1, -0.05) is 20.3 Å². The van der Waals surface area contributed by atoms with E-state index in [0.29, 0.717) is 11.5 Å². The predicted molar refractivity (Wildman–Crippen MR) is 60.5 cm³/mol. The molecule has 0 aromatic carbocycles. The minimum Gasteiger partial charge on any atom is -0.378 e. The summed E-state index contributed by atoms with van der Waals surface area (Å²) in [5, 5.41) is 3.33. The Morgan fingerprint density at radius 1 is 1.57 bits per heavy atom. The Morgan fingerprint density at radius 3 is 2.71 bits per heavy atom. The van der Waals surface area contributed by atoms with Crippen LogP contribution in [0.3, 0.4) is 0 Å². The molecule has 0 radical (unpaired) electrons. The van der Waals surface area contributed by atoms with Crippen molar-refractivity contribution in [3.63, 3.8) is 0 Å². The summed E-state index contributed by atoms with van der Waals surface area (Å²) in [5.41, 5.74) is 0.393. The third-order valence-electron chi connectivity index (χ3n) is 3.81. The monoisotopic (exact) mass is 199 g/mol. The Morgan fingerprint density at radius 2 is 2.29 bits per heavy atom. The fourth-order valence-electron chi connectivity index (χ4n) is 2.58. The quantitative estimate of drug-likeness (QED) is 0.734. The van der Waals surface area contributed by atoms with Gasteiger partial charge >= 0.3 is 0 Å². The average Bonchev–Trinajstić information content (AvgIpc) is 2.49. The molecule has 3 unspecified atom stereocenters. The summed E-state index contributed by atoms with van der Waals surface area (Å²) in [4.78, 5) is 0. The molecule has 0 amide bonds. The highest BCUT2D eigenvalue weighted by molar-refractivity contribution is 4.92. The maximum atomic E-state index is 5.73. The van der Waals surface area contributed by atoms with Crippen LogP contribution in [0.25, 0.3) is 0 Å². The van der Waals surface area contributed by atoms with Crippen LogP contribution in [0.15, 0.2) is 0 Å². The Balaban J connectivity index is 2.61. The van der Waals surface area contributed by atoms with Gasteiger partial charge in [-0.05, 0) is 32.7 Å². The van der Waals surface area contributed by atoms with Crippen molar-refractivity contribution in [1.82, 2.24) is 5.32 Å². The number of ether oxygens (including phenoxy) is 1. The maximum absolute atomic E-state index is 5.73. The van der Waals surface area contributed by atoms with E-state index in [9.17, 15) is 0 Å². The van der Waals surface area contributed by atoms with Crippen molar-refractivity contribution in [2.45, 2.75) is 46.1 Å². The second-order valence-electron chi connectivity index (χ2n) is 4.87. The van der Waals surface area contributed by atoms with Crippen LogP contribution in [0.1, 0.15) is 40.0 Å². The van der Waals surface area contributed by atoms with Gasteiger partial charge in [0.25, 0.3) is 0 Å². The minimum absolute atomic E-state index is 0.393. The van der Waals surface area contributed by atoms with Crippen LogP contribution in [-0.2, 0) is 4.74 Å². The van der Waals surface area contributed by atoms with E-state index >= 15 is 0 Å². The molecule has 0 aliphatic carbocycles. The van der Waals surface area contributed by atoms with Gasteiger partial charge in [-0.3, -0.25) is 0 Å². The average molecular weight is 199 g/mol. The molecule has 1 N–H and O–H groups in total. The lowest BCUT2D eigenvalue weighted by Crippen LogP contribution is -2.39. The largest absolute Gasteiger partial charge is 0.378 e. The van der Waals surface area contributed by atoms with E-state index in [0.717, 1.165) is 19.1 Å². The highest BCUT2D eigenvalue weighted by Gasteiger charge is 2.41. The van der Waals surface area contributed by atoms with E-state index in [2.05, 4.69) is 26.1 Å². The first-order chi connectivity index (χ1) is 6.64. The molecule has 2 heteroatoms. The molecule has 3 atom stereocenters. The smallest absolute Gasteiger partial charge is 0.0616 e. The number of hydrogen-bond donors (Lipinski definition) is 1. The molecule has 1 aliphatic heterocycles. The van der Waals surface area contributed by atoms with Crippen LogP contribution in [0.4, 0.5) is 0 Å². The third kappa shape index (κ3) is 2.48. The van der Waals surface area contributed by atoms with Crippen LogP contribution >= 0.6 is 0 Å². The van der Waals surface area contributed by atoms with Gasteiger partial charge in [0.2, 0.25) is 0 Å². The molecular formula is C12H25NO. The van der Waals surface area contributed by atoms with Crippen molar-refractivity contribution in [2.24, 2.45) is 11.3 Å². The van der Waals surface area contributed by atoms with Gasteiger partial charge in [0.1, 0.15) is 0 Å². The molecule has 0 spiro atoms. The van der Waals surface area contributed by atoms with Gasteiger partial charge in [-0.2, -0.15) is 0 Å². The Hall–Kier alpha value is -0.0800. The first kappa shape index (κ1) is 12.0. The van der Waals surface area contributed by atoms with Crippen molar-refractivity contribution in [3.8, 4) is 0 Å². The highest BCUT2D eigenvalue weighted by Crippen LogP contribution is 2.40. The van der Waals surface area contributed by atoms with Crippen LogP contribution in [-0.4, -0.2) is 26.3 Å². The molecule has 0 aromatic heterocycles. The van der Waals surface area contributed by atoms with Crippen LogP contribution < -0.4 is 5.32 Å². The third-order valence-corrected chi connectivity index (χ3v) is 3.81. The molecule has 1 heterocycles. The normalized spacial score (nSPS) is 34.7. The second-order valence-corrected chi connectivity index (χ2v) is 4.87. The van der Waals surface area contributed by atoms with Gasteiger partial charge in [0.15, 0.2) is 0 Å². The van der Waals surface area contributed by atoms with Crippen molar-refractivity contribution in [1.29, 1.82) is 0 Å². The first-order valence-corrected chi connectivity index (χ1v) is 5.91. The lowest BCUT2D eigenvalue weighted by molar-refractivity contribution is 0.0511. The lowest BCUT2D eigenvalue weighted by Gasteiger charge is -2.34. The maximum Gasteiger partial charge on any atom is 0.0616 e. The van der Waals surface area contributed by atoms with E-state index in [1.165, 1.54) is 19.3 Å². The summed E-state index contributed by atoms with van der Waals surface area (Å²) in [7, 11) is 2.05. The topological polar surface area (TPSA) is 21.3 Å². The summed E-state index contributed by atoms with van der Waals surface area (Å²) in [6.45, 7) is 8.89. The van der Waals surface area contributed by atoms with Gasteiger partial charge in [-0.25, -0.2) is 0 Å². The molecule has 1 fully saturated rings. The van der Waals surface area contributed by atoms with Crippen LogP contribution in [0.2, 0.25) is 0 Å². The van der Waals surface area contributed by atoms with Gasteiger partial charge in [-0.15, -0.1) is 0 Å². The summed E-state index contributed by atoms with van der Waals surface area (Å²) >= 11 is 0. The zero-order valence-electron chi connectivity index (χ0n) is 10.1. The van der Waals surface area contributed by atoms with Gasteiger partial charge in [0, 0.05) is 18.6 Å². The number of hydrogen-bond acceptors (Lipinski definition) is 2. The zero-order chi connectivity index (χ0) is 10.6. The molecule has 14 heavy (non-hydrogen) atoms. The molecular weight excluding hydrogens is 174 g/mol. The van der Waals surface area contributed by atoms with Crippen molar-refractivity contribution in [2.75, 3.05) is 20.2 Å². The lowest BCUT2D eigenvalue weighted by atomic mass is 9.74. The van der Waals surface area contributed by atoms with E-state index in [4.69, 9.17) is 4.74 Å². The van der Waals surface area contributed by atoms with Crippen molar-refractivity contribution < 1.29 is 4.74 Å². The Bertz CT molecular complexity index is 172. The molecule has 0 aromatic rings. The number of rotatable bonds is 5. The van der Waals surface area contributed by atoms with Gasteiger partial charge in [0.05, 0.1) is 6.10 Å². The first-order valence-electron chi connectivity index (χ1n) is 5.91. The molecule has 1 rings (SSSR count). The summed E-state index contributed by atoms with van der Waals surface area (Å²) in [5.74, 6) is 0.812. The van der Waals surface area contributed by atoms with E-state index in [1.807, 2.05) is 7.05 Å². The molecule has 1 aliphatic rings. The fourth-order valence-corrected chi connectivity index (χ4v) is 2.58. The van der Waals surface area contributed by atoms with E-state index < -0.39 is 0 Å².